The van der Waals surface area contributed by atoms with E-state index in [1.807, 2.05) is 59.5 Å². The largest absolute Gasteiger partial charge is 0.493 e. The van der Waals surface area contributed by atoms with Gasteiger partial charge in [-0.25, -0.2) is 13.1 Å². The van der Waals surface area contributed by atoms with Crippen LogP contribution in [0.3, 0.4) is 0 Å². The van der Waals surface area contributed by atoms with E-state index in [2.05, 4.69) is 4.72 Å². The van der Waals surface area contributed by atoms with Crippen LogP contribution >= 0.6 is 0 Å². The summed E-state index contributed by atoms with van der Waals surface area (Å²) in [5, 5.41) is 1.85. The summed E-state index contributed by atoms with van der Waals surface area (Å²) in [6, 6.07) is 22.4. The fourth-order valence-corrected chi connectivity index (χ4v) is 5.01. The molecule has 1 amide bonds. The van der Waals surface area contributed by atoms with Crippen molar-refractivity contribution in [1.82, 2.24) is 9.62 Å². The maximum absolute atomic E-state index is 12.6. The molecule has 0 saturated carbocycles. The van der Waals surface area contributed by atoms with E-state index in [0.717, 1.165) is 29.4 Å². The molecule has 32 heavy (non-hydrogen) atoms. The zero-order valence-electron chi connectivity index (χ0n) is 17.9. The SMILES string of the molecule is O=C(CCNS(=O)(=O)c1ccc2ccccc2c1)N1CCC(COc2ccccc2)CC1. The van der Waals surface area contributed by atoms with Crippen LogP contribution in [0.5, 0.6) is 5.75 Å². The number of ether oxygens (including phenoxy) is 1. The highest BCUT2D eigenvalue weighted by atomic mass is 32.2. The number of rotatable bonds is 8. The molecule has 1 saturated heterocycles. The van der Waals surface area contributed by atoms with Crippen LogP contribution < -0.4 is 9.46 Å². The first-order valence-electron chi connectivity index (χ1n) is 11.0. The second-order valence-corrected chi connectivity index (χ2v) is 9.87. The number of hydrogen-bond acceptors (Lipinski definition) is 4. The van der Waals surface area contributed by atoms with Gasteiger partial charge in [0.15, 0.2) is 0 Å². The minimum atomic E-state index is -3.66. The van der Waals surface area contributed by atoms with Gasteiger partial charge in [0.25, 0.3) is 0 Å². The molecule has 7 heteroatoms. The Kier molecular flexibility index (Phi) is 7.07. The van der Waals surface area contributed by atoms with Crippen molar-refractivity contribution in [3.05, 3.63) is 72.8 Å². The number of hydrogen-bond donors (Lipinski definition) is 1. The van der Waals surface area contributed by atoms with Gasteiger partial charge in [-0.15, -0.1) is 0 Å². The van der Waals surface area contributed by atoms with Gasteiger partial charge in [0.2, 0.25) is 15.9 Å². The smallest absolute Gasteiger partial charge is 0.240 e. The molecular weight excluding hydrogens is 424 g/mol. The third-order valence-corrected chi connectivity index (χ3v) is 7.32. The molecule has 0 aliphatic carbocycles. The van der Waals surface area contributed by atoms with Gasteiger partial charge < -0.3 is 9.64 Å². The number of sulfonamides is 1. The average Bonchev–Trinajstić information content (AvgIpc) is 2.83. The number of benzene rings is 3. The molecule has 0 spiro atoms. The van der Waals surface area contributed by atoms with Crippen LogP contribution in [-0.2, 0) is 14.8 Å². The lowest BCUT2D eigenvalue weighted by Crippen LogP contribution is -2.41. The van der Waals surface area contributed by atoms with Gasteiger partial charge in [-0.2, -0.15) is 0 Å². The van der Waals surface area contributed by atoms with Crippen molar-refractivity contribution < 1.29 is 17.9 Å². The van der Waals surface area contributed by atoms with Crippen molar-refractivity contribution in [3.63, 3.8) is 0 Å². The Labute approximate surface area is 189 Å². The highest BCUT2D eigenvalue weighted by Gasteiger charge is 2.23. The molecular formula is C25H28N2O4S. The fraction of sp³-hybridized carbons (Fsp3) is 0.320. The van der Waals surface area contributed by atoms with Crippen LogP contribution in [0.15, 0.2) is 77.7 Å². The summed E-state index contributed by atoms with van der Waals surface area (Å²) >= 11 is 0. The zero-order chi connectivity index (χ0) is 22.4. The quantitative estimate of drug-likeness (QED) is 0.564. The Morgan fingerprint density at radius 1 is 0.938 bits per heavy atom. The molecule has 1 aliphatic heterocycles. The Balaban J connectivity index is 1.21. The molecule has 1 N–H and O–H groups in total. The summed E-state index contributed by atoms with van der Waals surface area (Å²) in [4.78, 5) is 14.6. The molecule has 0 unspecified atom stereocenters. The first-order chi connectivity index (χ1) is 15.5. The second-order valence-electron chi connectivity index (χ2n) is 8.10. The Morgan fingerprint density at radius 3 is 2.38 bits per heavy atom. The van der Waals surface area contributed by atoms with E-state index in [0.29, 0.717) is 25.6 Å². The van der Waals surface area contributed by atoms with Gasteiger partial charge in [0.05, 0.1) is 11.5 Å². The molecule has 4 rings (SSSR count). The van der Waals surface area contributed by atoms with Gasteiger partial charge in [-0.05, 0) is 53.8 Å². The number of carbonyl (C=O) groups is 1. The Morgan fingerprint density at radius 2 is 1.62 bits per heavy atom. The predicted molar refractivity (Wildman–Crippen MR) is 125 cm³/mol. The molecule has 0 radical (unpaired) electrons. The standard InChI is InChI=1S/C25H28N2O4S/c28-25(27-16-13-20(14-17-27)19-31-23-8-2-1-3-9-23)12-15-26-32(29,30)24-11-10-21-6-4-5-7-22(21)18-24/h1-11,18,20,26H,12-17,19H2. The summed E-state index contributed by atoms with van der Waals surface area (Å²) in [7, 11) is -3.66. The maximum atomic E-state index is 12.6. The van der Waals surface area contributed by atoms with E-state index < -0.39 is 10.0 Å². The van der Waals surface area contributed by atoms with Gasteiger partial charge in [-0.1, -0.05) is 48.5 Å². The lowest BCUT2D eigenvalue weighted by molar-refractivity contribution is -0.132. The van der Waals surface area contributed by atoms with Crippen molar-refractivity contribution in [2.24, 2.45) is 5.92 Å². The van der Waals surface area contributed by atoms with Crippen LogP contribution in [0.25, 0.3) is 10.8 Å². The molecule has 1 heterocycles. The molecule has 3 aromatic carbocycles. The van der Waals surface area contributed by atoms with Gasteiger partial charge >= 0.3 is 0 Å². The Bertz CT molecular complexity index is 1160. The molecule has 0 aromatic heterocycles. The van der Waals surface area contributed by atoms with E-state index in [1.54, 1.807) is 18.2 Å². The minimum absolute atomic E-state index is 0.0198. The number of para-hydroxylation sites is 1. The highest BCUT2D eigenvalue weighted by Crippen LogP contribution is 2.21. The van der Waals surface area contributed by atoms with Crippen molar-refractivity contribution in [1.29, 1.82) is 0 Å². The lowest BCUT2D eigenvalue weighted by atomic mass is 9.97. The fourth-order valence-electron chi connectivity index (χ4n) is 3.95. The first-order valence-corrected chi connectivity index (χ1v) is 12.4. The Hall–Kier alpha value is -2.90. The summed E-state index contributed by atoms with van der Waals surface area (Å²) in [6.45, 7) is 2.10. The van der Waals surface area contributed by atoms with Gasteiger partial charge in [0, 0.05) is 26.1 Å². The number of amides is 1. The summed E-state index contributed by atoms with van der Waals surface area (Å²) in [5.74, 6) is 1.27. The number of likely N-dealkylation sites (tertiary alicyclic amines) is 1. The van der Waals surface area contributed by atoms with Crippen LogP contribution in [0.1, 0.15) is 19.3 Å². The van der Waals surface area contributed by atoms with Crippen molar-refractivity contribution >= 4 is 26.7 Å². The molecule has 3 aromatic rings. The lowest BCUT2D eigenvalue weighted by Gasteiger charge is -2.32. The van der Waals surface area contributed by atoms with Crippen molar-refractivity contribution in [3.8, 4) is 5.75 Å². The molecule has 6 nitrogen and oxygen atoms in total. The number of piperidine rings is 1. The summed E-state index contributed by atoms with van der Waals surface area (Å²) < 4.78 is 33.6. The number of nitrogens with zero attached hydrogens (tertiary/aromatic N) is 1. The first kappa shape index (κ1) is 22.3. The van der Waals surface area contributed by atoms with Crippen molar-refractivity contribution in [2.45, 2.75) is 24.2 Å². The third kappa shape index (κ3) is 5.66. The predicted octanol–water partition coefficient (Wildman–Crippen LogP) is 3.83. The van der Waals surface area contributed by atoms with E-state index in [1.165, 1.54) is 0 Å². The summed E-state index contributed by atoms with van der Waals surface area (Å²) in [5.41, 5.74) is 0. The van der Waals surface area contributed by atoms with Crippen molar-refractivity contribution in [2.75, 3.05) is 26.2 Å². The van der Waals surface area contributed by atoms with E-state index in [-0.39, 0.29) is 23.8 Å². The van der Waals surface area contributed by atoms with Crippen LogP contribution in [0.4, 0.5) is 0 Å². The molecule has 1 aliphatic rings. The van der Waals surface area contributed by atoms with Crippen LogP contribution in [0, 0.1) is 5.92 Å². The normalized spacial score (nSPS) is 15.1. The van der Waals surface area contributed by atoms with Crippen LogP contribution in [0.2, 0.25) is 0 Å². The summed E-state index contributed by atoms with van der Waals surface area (Å²) in [6.07, 6.45) is 1.93. The topological polar surface area (TPSA) is 75.7 Å². The highest BCUT2D eigenvalue weighted by molar-refractivity contribution is 7.89. The maximum Gasteiger partial charge on any atom is 0.240 e. The molecule has 0 atom stereocenters. The number of fused-ring (bicyclic) bond motifs is 1. The second kappa shape index (κ2) is 10.1. The van der Waals surface area contributed by atoms with E-state index in [4.69, 9.17) is 4.74 Å². The minimum Gasteiger partial charge on any atom is -0.493 e. The number of carbonyl (C=O) groups excluding carboxylic acids is 1. The monoisotopic (exact) mass is 452 g/mol. The average molecular weight is 453 g/mol. The molecule has 0 bridgehead atoms. The third-order valence-electron chi connectivity index (χ3n) is 5.86. The molecule has 1 fully saturated rings. The number of nitrogens with one attached hydrogen (secondary N) is 1. The zero-order valence-corrected chi connectivity index (χ0v) is 18.8. The van der Waals surface area contributed by atoms with Crippen LogP contribution in [-0.4, -0.2) is 45.5 Å². The van der Waals surface area contributed by atoms with E-state index >= 15 is 0 Å². The van der Waals surface area contributed by atoms with E-state index in [9.17, 15) is 13.2 Å². The van der Waals surface area contributed by atoms with Gasteiger partial charge in [0.1, 0.15) is 5.75 Å². The molecule has 168 valence electrons. The van der Waals surface area contributed by atoms with Gasteiger partial charge in [-0.3, -0.25) is 4.79 Å².